The summed E-state index contributed by atoms with van der Waals surface area (Å²) in [6.07, 6.45) is 4.67. The van der Waals surface area contributed by atoms with E-state index in [1.54, 1.807) is 26.0 Å². The van der Waals surface area contributed by atoms with E-state index in [-0.39, 0.29) is 11.8 Å². The molecule has 70 valence electrons. The summed E-state index contributed by atoms with van der Waals surface area (Å²) >= 11 is 0. The zero-order valence-corrected chi connectivity index (χ0v) is 7.96. The Hall–Kier alpha value is -1.38. The normalized spacial score (nSPS) is 27.0. The maximum Gasteiger partial charge on any atom is 0.303 e. The number of hydrogen-bond acceptors (Lipinski definition) is 3. The Morgan fingerprint density at radius 3 is 2.62 bits per heavy atom. The van der Waals surface area contributed by atoms with Crippen molar-refractivity contribution in [3.05, 3.63) is 23.8 Å². The number of rotatable bonds is 1. The molecule has 13 heavy (non-hydrogen) atoms. The molecule has 1 unspecified atom stereocenters. The Morgan fingerprint density at radius 1 is 1.54 bits per heavy atom. The van der Waals surface area contributed by atoms with Crippen LogP contribution in [0.2, 0.25) is 0 Å². The smallest absolute Gasteiger partial charge is 0.303 e. The van der Waals surface area contributed by atoms with Gasteiger partial charge < -0.3 is 4.74 Å². The van der Waals surface area contributed by atoms with Crippen LogP contribution in [0, 0.1) is 0 Å². The van der Waals surface area contributed by atoms with Gasteiger partial charge in [-0.3, -0.25) is 9.59 Å². The minimum absolute atomic E-state index is 0.0374. The van der Waals surface area contributed by atoms with E-state index in [2.05, 4.69) is 0 Å². The number of ether oxygens (including phenoxy) is 1. The highest BCUT2D eigenvalue weighted by atomic mass is 16.6. The van der Waals surface area contributed by atoms with Crippen molar-refractivity contribution < 1.29 is 14.3 Å². The minimum atomic E-state index is -0.760. The highest BCUT2D eigenvalue weighted by Crippen LogP contribution is 2.21. The number of allylic oxidation sites excluding steroid dienone is 2. The van der Waals surface area contributed by atoms with E-state index < -0.39 is 5.60 Å². The van der Waals surface area contributed by atoms with Crippen LogP contribution in [0.3, 0.4) is 0 Å². The van der Waals surface area contributed by atoms with Crippen LogP contribution in [0.1, 0.15) is 20.8 Å². The first-order valence-electron chi connectivity index (χ1n) is 4.05. The third-order valence-electron chi connectivity index (χ3n) is 1.82. The monoisotopic (exact) mass is 180 g/mol. The van der Waals surface area contributed by atoms with E-state index >= 15 is 0 Å². The summed E-state index contributed by atoms with van der Waals surface area (Å²) in [5.41, 5.74) is -0.157. The second kappa shape index (κ2) is 3.17. The van der Waals surface area contributed by atoms with Gasteiger partial charge in [-0.2, -0.15) is 0 Å². The van der Waals surface area contributed by atoms with Gasteiger partial charge in [-0.1, -0.05) is 0 Å². The number of hydrogen-bond donors (Lipinski definition) is 0. The lowest BCUT2D eigenvalue weighted by Gasteiger charge is -2.24. The van der Waals surface area contributed by atoms with E-state index in [9.17, 15) is 9.59 Å². The second-order valence-corrected chi connectivity index (χ2v) is 3.30. The Morgan fingerprint density at radius 2 is 2.15 bits per heavy atom. The molecule has 0 fully saturated rings. The first-order valence-corrected chi connectivity index (χ1v) is 4.05. The molecule has 1 aliphatic rings. The minimum Gasteiger partial charge on any atom is -0.451 e. The Kier molecular flexibility index (Phi) is 2.36. The fraction of sp³-hybridized carbons (Fsp3) is 0.400. The van der Waals surface area contributed by atoms with Crippen LogP contribution in [-0.4, -0.2) is 17.4 Å². The standard InChI is InChI=1S/C10H12O3/c1-7-6-10(3,13-8(2)11)5-4-9(7)12/h4-6H,1-3H3. The molecule has 0 N–H and O–H groups in total. The highest BCUT2D eigenvalue weighted by Gasteiger charge is 2.26. The molecule has 0 radical (unpaired) electrons. The van der Waals surface area contributed by atoms with Crippen LogP contribution in [0.4, 0.5) is 0 Å². The fourth-order valence-corrected chi connectivity index (χ4v) is 1.29. The molecule has 1 rings (SSSR count). The van der Waals surface area contributed by atoms with Crippen molar-refractivity contribution in [3.63, 3.8) is 0 Å². The molecule has 1 atom stereocenters. The summed E-state index contributed by atoms with van der Waals surface area (Å²) in [6.45, 7) is 4.78. The van der Waals surface area contributed by atoms with Crippen molar-refractivity contribution in [3.8, 4) is 0 Å². The maximum atomic E-state index is 11.1. The van der Waals surface area contributed by atoms with Crippen LogP contribution in [0.25, 0.3) is 0 Å². The molecule has 0 aromatic rings. The van der Waals surface area contributed by atoms with Crippen molar-refractivity contribution in [2.45, 2.75) is 26.4 Å². The van der Waals surface area contributed by atoms with E-state index in [0.29, 0.717) is 5.57 Å². The second-order valence-electron chi connectivity index (χ2n) is 3.30. The topological polar surface area (TPSA) is 43.4 Å². The molecule has 0 aliphatic heterocycles. The number of esters is 1. The number of carbonyl (C=O) groups is 2. The summed E-state index contributed by atoms with van der Waals surface area (Å²) < 4.78 is 5.04. The van der Waals surface area contributed by atoms with E-state index in [1.807, 2.05) is 0 Å². The van der Waals surface area contributed by atoms with Crippen LogP contribution < -0.4 is 0 Å². The SMILES string of the molecule is CC(=O)OC1(C)C=CC(=O)C(C)=C1. The molecular weight excluding hydrogens is 168 g/mol. The van der Waals surface area contributed by atoms with Gasteiger partial charge in [0.15, 0.2) is 5.78 Å². The molecule has 0 amide bonds. The zero-order valence-electron chi connectivity index (χ0n) is 7.96. The van der Waals surface area contributed by atoms with Crippen molar-refractivity contribution >= 4 is 11.8 Å². The van der Waals surface area contributed by atoms with Gasteiger partial charge in [0.1, 0.15) is 5.60 Å². The Bertz CT molecular complexity index is 312. The summed E-state index contributed by atoms with van der Waals surface area (Å²) in [7, 11) is 0. The van der Waals surface area contributed by atoms with Crippen molar-refractivity contribution in [2.75, 3.05) is 0 Å². The van der Waals surface area contributed by atoms with Crippen LogP contribution in [-0.2, 0) is 14.3 Å². The van der Waals surface area contributed by atoms with E-state index in [1.165, 1.54) is 13.0 Å². The van der Waals surface area contributed by atoms with Gasteiger partial charge in [-0.05, 0) is 37.6 Å². The molecule has 1 aliphatic carbocycles. The fourth-order valence-electron chi connectivity index (χ4n) is 1.29. The van der Waals surface area contributed by atoms with Gasteiger partial charge in [0.2, 0.25) is 0 Å². The molecule has 0 spiro atoms. The maximum absolute atomic E-state index is 11.1. The summed E-state index contributed by atoms with van der Waals surface area (Å²) in [4.78, 5) is 21.8. The van der Waals surface area contributed by atoms with Gasteiger partial charge in [0.25, 0.3) is 0 Å². The predicted molar refractivity (Wildman–Crippen MR) is 48.1 cm³/mol. The Balaban J connectivity index is 2.88. The molecule has 0 saturated carbocycles. The highest BCUT2D eigenvalue weighted by molar-refractivity contribution is 6.04. The van der Waals surface area contributed by atoms with Crippen molar-refractivity contribution in [1.29, 1.82) is 0 Å². The van der Waals surface area contributed by atoms with Gasteiger partial charge in [0.05, 0.1) is 0 Å². The van der Waals surface area contributed by atoms with Gasteiger partial charge in [-0.25, -0.2) is 0 Å². The summed E-state index contributed by atoms with van der Waals surface area (Å²) in [5, 5.41) is 0. The summed E-state index contributed by atoms with van der Waals surface area (Å²) in [5.74, 6) is -0.393. The van der Waals surface area contributed by atoms with Gasteiger partial charge >= 0.3 is 5.97 Å². The van der Waals surface area contributed by atoms with Crippen LogP contribution >= 0.6 is 0 Å². The average molecular weight is 180 g/mol. The lowest BCUT2D eigenvalue weighted by Crippen LogP contribution is -2.29. The molecule has 0 aromatic carbocycles. The first kappa shape index (κ1) is 9.71. The van der Waals surface area contributed by atoms with Crippen molar-refractivity contribution in [2.24, 2.45) is 0 Å². The zero-order chi connectivity index (χ0) is 10.1. The quantitative estimate of drug-likeness (QED) is 0.573. The number of carbonyl (C=O) groups excluding carboxylic acids is 2. The molecule has 0 heterocycles. The molecular formula is C10H12O3. The van der Waals surface area contributed by atoms with Crippen molar-refractivity contribution in [1.82, 2.24) is 0 Å². The lowest BCUT2D eigenvalue weighted by molar-refractivity contribution is -0.148. The summed E-state index contributed by atoms with van der Waals surface area (Å²) in [6, 6.07) is 0. The molecule has 3 nitrogen and oxygen atoms in total. The molecule has 0 bridgehead atoms. The number of ketones is 1. The van der Waals surface area contributed by atoms with Gasteiger partial charge in [-0.15, -0.1) is 0 Å². The van der Waals surface area contributed by atoms with E-state index in [4.69, 9.17) is 4.74 Å². The largest absolute Gasteiger partial charge is 0.451 e. The molecule has 3 heteroatoms. The van der Waals surface area contributed by atoms with E-state index in [0.717, 1.165) is 0 Å². The van der Waals surface area contributed by atoms with Crippen LogP contribution in [0.5, 0.6) is 0 Å². The molecule has 0 aromatic heterocycles. The average Bonchev–Trinajstić information content (AvgIpc) is 1.96. The Labute approximate surface area is 77.1 Å². The van der Waals surface area contributed by atoms with Crippen LogP contribution in [0.15, 0.2) is 23.8 Å². The van der Waals surface area contributed by atoms with Gasteiger partial charge in [0, 0.05) is 6.92 Å². The third kappa shape index (κ3) is 2.28. The predicted octanol–water partition coefficient (Wildman–Crippen LogP) is 1.39. The third-order valence-corrected chi connectivity index (χ3v) is 1.82. The molecule has 0 saturated heterocycles. The lowest BCUT2D eigenvalue weighted by atomic mass is 9.94. The first-order chi connectivity index (χ1) is 5.93.